The number of aliphatic imine (C=N–C) groups is 1. The van der Waals surface area contributed by atoms with Crippen LogP contribution in [0, 0.1) is 5.92 Å². The Balaban J connectivity index is 1.54. The van der Waals surface area contributed by atoms with Crippen molar-refractivity contribution < 1.29 is 24.9 Å². The molecule has 1 aromatic rings. The number of hydrogen-bond acceptors (Lipinski definition) is 9. The minimum absolute atomic E-state index is 0.132. The van der Waals surface area contributed by atoms with E-state index in [-0.39, 0.29) is 12.1 Å². The fourth-order valence-corrected chi connectivity index (χ4v) is 4.27. The molecule has 4 rings (SSSR count). The number of halogens is 1. The molecule has 1 aromatic carbocycles. The molecule has 10 heteroatoms. The maximum Gasteiger partial charge on any atom is 0.160 e. The summed E-state index contributed by atoms with van der Waals surface area (Å²) in [6.45, 7) is 1.91. The van der Waals surface area contributed by atoms with Gasteiger partial charge in [0.05, 0.1) is 25.9 Å². The van der Waals surface area contributed by atoms with Gasteiger partial charge in [-0.1, -0.05) is 29.8 Å². The molecule has 0 radical (unpaired) electrons. The van der Waals surface area contributed by atoms with E-state index in [0.29, 0.717) is 23.1 Å². The molecule has 0 amide bonds. The van der Waals surface area contributed by atoms with E-state index in [1.165, 1.54) is 7.11 Å². The number of hydrogen-bond donors (Lipinski definition) is 5. The summed E-state index contributed by atoms with van der Waals surface area (Å²) in [4.78, 5) is 11.1. The Kier molecular flexibility index (Phi) is 5.56. The van der Waals surface area contributed by atoms with Gasteiger partial charge in [0.2, 0.25) is 0 Å². The standard InChI is InChI=1S/C19H25ClN4O5/c1-19(27,10-3-5-11(20)6-4-10)15-13(25)14(26)18(29-15)24-8-7-12-16(23-28-2)21-9-22-17(12)24/h3-8,12-15,17-18,22,25-27H,9H2,1-2H3,(H,21,23)/t12?,13-,14+,15-,17?,18+,19+/m0/s1. The number of fused-ring (bicyclic) bond motifs is 1. The van der Waals surface area contributed by atoms with Crippen LogP contribution in [0.1, 0.15) is 12.5 Å². The zero-order valence-electron chi connectivity index (χ0n) is 16.1. The first-order chi connectivity index (χ1) is 13.8. The van der Waals surface area contributed by atoms with Crippen molar-refractivity contribution in [2.45, 2.75) is 43.2 Å². The number of aliphatic hydroxyl groups is 3. The van der Waals surface area contributed by atoms with Crippen LogP contribution >= 0.6 is 11.6 Å². The highest BCUT2D eigenvalue weighted by Gasteiger charge is 2.55. The van der Waals surface area contributed by atoms with E-state index in [0.717, 1.165) is 0 Å². The molecule has 158 valence electrons. The lowest BCUT2D eigenvalue weighted by molar-refractivity contribution is -0.151. The fraction of sp³-hybridized carbons (Fsp3) is 0.526. The molecular formula is C19H25ClN4O5. The summed E-state index contributed by atoms with van der Waals surface area (Å²) in [5.74, 6) is 0.528. The minimum Gasteiger partial charge on any atom is -0.387 e. The smallest absolute Gasteiger partial charge is 0.160 e. The Morgan fingerprint density at radius 1 is 1.31 bits per heavy atom. The first-order valence-corrected chi connectivity index (χ1v) is 9.75. The van der Waals surface area contributed by atoms with Gasteiger partial charge >= 0.3 is 0 Å². The monoisotopic (exact) mass is 424 g/mol. The summed E-state index contributed by atoms with van der Waals surface area (Å²) >= 11 is 5.93. The molecule has 0 aliphatic carbocycles. The van der Waals surface area contributed by atoms with Crippen molar-refractivity contribution in [3.05, 3.63) is 47.1 Å². The van der Waals surface area contributed by atoms with Gasteiger partial charge in [0, 0.05) is 11.2 Å². The second-order valence-corrected chi connectivity index (χ2v) is 7.99. The molecule has 7 atom stereocenters. The third kappa shape index (κ3) is 3.53. The number of ether oxygens (including phenoxy) is 1. The van der Waals surface area contributed by atoms with Crippen LogP contribution < -0.4 is 10.8 Å². The van der Waals surface area contributed by atoms with Crippen molar-refractivity contribution in [1.82, 2.24) is 15.7 Å². The molecule has 1 fully saturated rings. The molecule has 0 bridgehead atoms. The van der Waals surface area contributed by atoms with E-state index in [2.05, 4.69) is 15.8 Å². The molecule has 1 saturated heterocycles. The van der Waals surface area contributed by atoms with E-state index in [9.17, 15) is 15.3 Å². The Hall–Kier alpha value is -1.72. The average Bonchev–Trinajstić information content (AvgIpc) is 3.25. The summed E-state index contributed by atoms with van der Waals surface area (Å²) in [6, 6.07) is 6.66. The molecular weight excluding hydrogens is 400 g/mol. The van der Waals surface area contributed by atoms with Gasteiger partial charge in [-0.3, -0.25) is 20.6 Å². The lowest BCUT2D eigenvalue weighted by Gasteiger charge is -2.38. The normalized spacial score (nSPS) is 35.9. The van der Waals surface area contributed by atoms with Gasteiger partial charge in [0.1, 0.15) is 29.7 Å². The number of hydroxylamine groups is 1. The fourth-order valence-electron chi connectivity index (χ4n) is 4.15. The van der Waals surface area contributed by atoms with Gasteiger partial charge in [-0.25, -0.2) is 0 Å². The molecule has 0 spiro atoms. The van der Waals surface area contributed by atoms with Crippen LogP contribution in [0.5, 0.6) is 0 Å². The van der Waals surface area contributed by atoms with Crippen LogP contribution in [0.2, 0.25) is 5.02 Å². The van der Waals surface area contributed by atoms with Crippen LogP contribution in [-0.2, 0) is 15.2 Å². The van der Waals surface area contributed by atoms with Crippen molar-refractivity contribution in [1.29, 1.82) is 0 Å². The number of benzene rings is 1. The molecule has 3 aliphatic heterocycles. The highest BCUT2D eigenvalue weighted by atomic mass is 35.5. The maximum atomic E-state index is 11.1. The zero-order valence-corrected chi connectivity index (χ0v) is 16.8. The van der Waals surface area contributed by atoms with Crippen molar-refractivity contribution >= 4 is 17.4 Å². The van der Waals surface area contributed by atoms with E-state index in [1.54, 1.807) is 42.3 Å². The predicted octanol–water partition coefficient (Wildman–Crippen LogP) is -0.124. The summed E-state index contributed by atoms with van der Waals surface area (Å²) in [7, 11) is 1.51. The summed E-state index contributed by atoms with van der Waals surface area (Å²) in [5.41, 5.74) is 1.77. The molecule has 2 unspecified atom stereocenters. The van der Waals surface area contributed by atoms with Crippen LogP contribution in [-0.4, -0.2) is 70.5 Å². The lowest BCUT2D eigenvalue weighted by Crippen LogP contribution is -2.57. The summed E-state index contributed by atoms with van der Waals surface area (Å²) in [5, 5.41) is 36.3. The van der Waals surface area contributed by atoms with E-state index in [4.69, 9.17) is 21.2 Å². The average molecular weight is 425 g/mol. The molecule has 5 N–H and O–H groups in total. The molecule has 0 aromatic heterocycles. The van der Waals surface area contributed by atoms with Crippen molar-refractivity contribution in [2.24, 2.45) is 10.9 Å². The van der Waals surface area contributed by atoms with Gasteiger partial charge in [0.15, 0.2) is 6.23 Å². The number of rotatable bonds is 4. The van der Waals surface area contributed by atoms with Crippen LogP contribution in [0.4, 0.5) is 0 Å². The van der Waals surface area contributed by atoms with Crippen LogP contribution in [0.25, 0.3) is 0 Å². The van der Waals surface area contributed by atoms with Crippen molar-refractivity contribution in [2.75, 3.05) is 13.8 Å². The second-order valence-electron chi connectivity index (χ2n) is 7.55. The number of nitrogens with zero attached hydrogens (tertiary/aromatic N) is 2. The Bertz CT molecular complexity index is 802. The van der Waals surface area contributed by atoms with Gasteiger partial charge in [-0.15, -0.1) is 0 Å². The minimum atomic E-state index is -1.53. The third-order valence-corrected chi connectivity index (χ3v) is 5.97. The number of nitrogens with one attached hydrogen (secondary N) is 2. The Morgan fingerprint density at radius 2 is 2.03 bits per heavy atom. The topological polar surface area (TPSA) is 119 Å². The van der Waals surface area contributed by atoms with Crippen molar-refractivity contribution in [3.8, 4) is 0 Å². The van der Waals surface area contributed by atoms with Gasteiger partial charge in [-0.05, 0) is 24.6 Å². The maximum absolute atomic E-state index is 11.1. The third-order valence-electron chi connectivity index (χ3n) is 5.71. The molecule has 3 heterocycles. The molecule has 9 nitrogen and oxygen atoms in total. The van der Waals surface area contributed by atoms with Crippen LogP contribution in [0.15, 0.2) is 41.5 Å². The Labute approximate surface area is 173 Å². The second kappa shape index (κ2) is 7.84. The summed E-state index contributed by atoms with van der Waals surface area (Å²) in [6.07, 6.45) is -0.931. The summed E-state index contributed by atoms with van der Waals surface area (Å²) < 4.78 is 6.02. The zero-order chi connectivity index (χ0) is 20.8. The number of aliphatic hydroxyl groups excluding tert-OH is 2. The molecule has 29 heavy (non-hydrogen) atoms. The largest absolute Gasteiger partial charge is 0.387 e. The predicted molar refractivity (Wildman–Crippen MR) is 106 cm³/mol. The first-order valence-electron chi connectivity index (χ1n) is 9.37. The van der Waals surface area contributed by atoms with Gasteiger partial charge in [0.25, 0.3) is 0 Å². The molecule has 0 saturated carbocycles. The van der Waals surface area contributed by atoms with E-state index < -0.39 is 30.1 Å². The highest BCUT2D eigenvalue weighted by molar-refractivity contribution is 6.30. The van der Waals surface area contributed by atoms with Gasteiger partial charge in [-0.2, -0.15) is 0 Å². The van der Waals surface area contributed by atoms with Crippen molar-refractivity contribution in [3.63, 3.8) is 0 Å². The SMILES string of the molecule is CONC1=NCNC2C1C=CN2[C@@H]1O[C@H]([C@](C)(O)c2ccc(Cl)cc2)[C@@H](O)[C@H]1O. The highest BCUT2D eigenvalue weighted by Crippen LogP contribution is 2.39. The lowest BCUT2D eigenvalue weighted by atomic mass is 9.87. The Morgan fingerprint density at radius 3 is 2.72 bits per heavy atom. The van der Waals surface area contributed by atoms with E-state index >= 15 is 0 Å². The molecule has 3 aliphatic rings. The number of amidine groups is 1. The van der Waals surface area contributed by atoms with Crippen LogP contribution in [0.3, 0.4) is 0 Å². The van der Waals surface area contributed by atoms with E-state index in [1.807, 2.05) is 6.08 Å². The van der Waals surface area contributed by atoms with Gasteiger partial charge < -0.3 is 25.0 Å². The quantitative estimate of drug-likeness (QED) is 0.424. The first kappa shape index (κ1) is 20.5.